The van der Waals surface area contributed by atoms with E-state index in [9.17, 15) is 4.79 Å². The van der Waals surface area contributed by atoms with E-state index in [0.29, 0.717) is 16.7 Å². The molecule has 0 unspecified atom stereocenters. The molecular formula is C28H22N4O. The first kappa shape index (κ1) is 20.4. The molecule has 0 amide bonds. The first-order valence-corrected chi connectivity index (χ1v) is 10.7. The van der Waals surface area contributed by atoms with Gasteiger partial charge in [0.25, 0.3) is 5.56 Å². The highest BCUT2D eigenvalue weighted by Gasteiger charge is 2.14. The maximum absolute atomic E-state index is 13.5. The Bertz CT molecular complexity index is 1520. The second-order valence-corrected chi connectivity index (χ2v) is 7.79. The second-order valence-electron chi connectivity index (χ2n) is 7.79. The van der Waals surface area contributed by atoms with Crippen LogP contribution >= 0.6 is 0 Å². The van der Waals surface area contributed by atoms with Crippen molar-refractivity contribution in [1.82, 2.24) is 9.55 Å². The minimum absolute atomic E-state index is 0.103. The van der Waals surface area contributed by atoms with Crippen LogP contribution in [0.3, 0.4) is 0 Å². The predicted molar refractivity (Wildman–Crippen MR) is 136 cm³/mol. The average molecular weight is 431 g/mol. The Morgan fingerprint density at radius 3 is 2.21 bits per heavy atom. The van der Waals surface area contributed by atoms with Gasteiger partial charge in [-0.05, 0) is 61.0 Å². The van der Waals surface area contributed by atoms with Crippen molar-refractivity contribution < 1.29 is 0 Å². The van der Waals surface area contributed by atoms with Gasteiger partial charge in [0.2, 0.25) is 0 Å². The van der Waals surface area contributed by atoms with E-state index in [2.05, 4.69) is 0 Å². The van der Waals surface area contributed by atoms with E-state index >= 15 is 0 Å². The lowest BCUT2D eigenvalue weighted by molar-refractivity contribution is 0.976. The fraction of sp³-hybridized carbons (Fsp3) is 0.0357. The molecule has 5 rings (SSSR count). The molecule has 4 aromatic carbocycles. The molecule has 1 aromatic heterocycles. The number of fused-ring (bicyclic) bond motifs is 1. The van der Waals surface area contributed by atoms with Crippen molar-refractivity contribution in [2.45, 2.75) is 6.92 Å². The van der Waals surface area contributed by atoms with Crippen LogP contribution in [0.1, 0.15) is 12.5 Å². The zero-order valence-electron chi connectivity index (χ0n) is 18.1. The fourth-order valence-corrected chi connectivity index (χ4v) is 3.81. The smallest absolute Gasteiger partial charge is 0.266 e. The standard InChI is InChI=1S/C28H22N4O/c1-19(20-11-13-22(29)14-12-20)30-23-15-17-24(18-16-23)32-27(21-7-3-2-4-8-21)31-26-10-6-5-9-25(26)28(32)33/h2-18H,29H2,1H3. The largest absolute Gasteiger partial charge is 0.399 e. The predicted octanol–water partition coefficient (Wildman–Crippen LogP) is 5.78. The molecule has 0 bridgehead atoms. The Labute approximate surface area is 191 Å². The summed E-state index contributed by atoms with van der Waals surface area (Å²) in [7, 11) is 0. The van der Waals surface area contributed by atoms with Crippen LogP contribution in [0.15, 0.2) is 113 Å². The molecule has 0 saturated carbocycles. The first-order chi connectivity index (χ1) is 16.1. The van der Waals surface area contributed by atoms with Crippen molar-refractivity contribution in [2.75, 3.05) is 5.73 Å². The minimum Gasteiger partial charge on any atom is -0.399 e. The summed E-state index contributed by atoms with van der Waals surface area (Å²) >= 11 is 0. The van der Waals surface area contributed by atoms with Gasteiger partial charge in [-0.1, -0.05) is 54.6 Å². The van der Waals surface area contributed by atoms with Crippen molar-refractivity contribution >= 4 is 28.0 Å². The van der Waals surface area contributed by atoms with Gasteiger partial charge in [-0.15, -0.1) is 0 Å². The van der Waals surface area contributed by atoms with Gasteiger partial charge in [0.05, 0.1) is 22.3 Å². The molecule has 2 N–H and O–H groups in total. The molecule has 0 saturated heterocycles. The molecule has 5 nitrogen and oxygen atoms in total. The molecule has 0 aliphatic carbocycles. The van der Waals surface area contributed by atoms with Crippen LogP contribution in [-0.2, 0) is 0 Å². The number of para-hydroxylation sites is 1. The maximum atomic E-state index is 13.5. The lowest BCUT2D eigenvalue weighted by atomic mass is 10.1. The van der Waals surface area contributed by atoms with Crippen LogP contribution in [0.2, 0.25) is 0 Å². The van der Waals surface area contributed by atoms with Crippen molar-refractivity contribution in [3.63, 3.8) is 0 Å². The van der Waals surface area contributed by atoms with Crippen LogP contribution in [0.5, 0.6) is 0 Å². The van der Waals surface area contributed by atoms with E-state index in [-0.39, 0.29) is 5.56 Å². The lowest BCUT2D eigenvalue weighted by Gasteiger charge is -2.14. The number of anilines is 1. The normalized spacial score (nSPS) is 11.6. The molecule has 5 aromatic rings. The minimum atomic E-state index is -0.103. The van der Waals surface area contributed by atoms with E-state index in [1.165, 1.54) is 0 Å². The van der Waals surface area contributed by atoms with E-state index in [1.54, 1.807) is 4.57 Å². The summed E-state index contributed by atoms with van der Waals surface area (Å²) in [6.45, 7) is 1.96. The zero-order valence-corrected chi connectivity index (χ0v) is 18.1. The van der Waals surface area contributed by atoms with Crippen LogP contribution in [0, 0.1) is 0 Å². The lowest BCUT2D eigenvalue weighted by Crippen LogP contribution is -2.21. The van der Waals surface area contributed by atoms with Crippen LogP contribution in [0.4, 0.5) is 11.4 Å². The van der Waals surface area contributed by atoms with E-state index < -0.39 is 0 Å². The molecule has 5 heteroatoms. The monoisotopic (exact) mass is 430 g/mol. The summed E-state index contributed by atoms with van der Waals surface area (Å²) in [5.41, 5.74) is 11.4. The quantitative estimate of drug-likeness (QED) is 0.290. The molecule has 160 valence electrons. The zero-order chi connectivity index (χ0) is 22.8. The second kappa shape index (κ2) is 8.55. The van der Waals surface area contributed by atoms with Crippen molar-refractivity contribution in [1.29, 1.82) is 0 Å². The molecule has 0 atom stereocenters. The van der Waals surface area contributed by atoms with Crippen LogP contribution in [0.25, 0.3) is 28.0 Å². The molecule has 0 spiro atoms. The van der Waals surface area contributed by atoms with Gasteiger partial charge in [-0.25, -0.2) is 4.98 Å². The highest BCUT2D eigenvalue weighted by atomic mass is 16.1. The van der Waals surface area contributed by atoms with Crippen molar-refractivity contribution in [2.24, 2.45) is 4.99 Å². The fourth-order valence-electron chi connectivity index (χ4n) is 3.81. The van der Waals surface area contributed by atoms with Crippen LogP contribution in [-0.4, -0.2) is 15.3 Å². The Morgan fingerprint density at radius 1 is 0.818 bits per heavy atom. The summed E-state index contributed by atoms with van der Waals surface area (Å²) in [5.74, 6) is 0.605. The first-order valence-electron chi connectivity index (χ1n) is 10.7. The number of aromatic nitrogens is 2. The topological polar surface area (TPSA) is 73.3 Å². The molecule has 0 aliphatic rings. The van der Waals surface area contributed by atoms with E-state index in [0.717, 1.165) is 33.9 Å². The number of nitrogen functional groups attached to an aromatic ring is 1. The van der Waals surface area contributed by atoms with Gasteiger partial charge < -0.3 is 5.73 Å². The summed E-state index contributed by atoms with van der Waals surface area (Å²) < 4.78 is 1.66. The maximum Gasteiger partial charge on any atom is 0.266 e. The Kier molecular flexibility index (Phi) is 5.29. The van der Waals surface area contributed by atoms with Gasteiger partial charge in [0.15, 0.2) is 0 Å². The third-order valence-corrected chi connectivity index (χ3v) is 5.54. The third-order valence-electron chi connectivity index (χ3n) is 5.54. The van der Waals surface area contributed by atoms with E-state index in [4.69, 9.17) is 15.7 Å². The molecule has 0 aliphatic heterocycles. The van der Waals surface area contributed by atoms with Crippen LogP contribution < -0.4 is 11.3 Å². The Hall–Kier alpha value is -4.51. The average Bonchev–Trinajstić information content (AvgIpc) is 2.85. The number of rotatable bonds is 4. The summed E-state index contributed by atoms with van der Waals surface area (Å²) in [6.07, 6.45) is 0. The molecule has 0 radical (unpaired) electrons. The SMILES string of the molecule is CC(=Nc1ccc(-n2c(-c3ccccc3)nc3ccccc3c2=O)cc1)c1ccc(N)cc1. The number of benzene rings is 4. The molecule has 0 fully saturated rings. The third kappa shape index (κ3) is 4.04. The van der Waals surface area contributed by atoms with Gasteiger partial charge in [-0.2, -0.15) is 0 Å². The Balaban J connectivity index is 1.61. The van der Waals surface area contributed by atoms with Gasteiger partial charge in [0, 0.05) is 17.0 Å². The van der Waals surface area contributed by atoms with Crippen molar-refractivity contribution in [3.05, 3.63) is 119 Å². The highest BCUT2D eigenvalue weighted by molar-refractivity contribution is 6.00. The Morgan fingerprint density at radius 2 is 1.48 bits per heavy atom. The number of aliphatic imine (C=N–C) groups is 1. The van der Waals surface area contributed by atoms with Crippen molar-refractivity contribution in [3.8, 4) is 17.1 Å². The summed E-state index contributed by atoms with van der Waals surface area (Å²) in [4.78, 5) is 23.0. The number of hydrogen-bond donors (Lipinski definition) is 1. The number of nitrogens with two attached hydrogens (primary N) is 1. The molecule has 1 heterocycles. The molecular weight excluding hydrogens is 408 g/mol. The van der Waals surface area contributed by atoms with Gasteiger partial charge in [0.1, 0.15) is 5.82 Å². The summed E-state index contributed by atoms with van der Waals surface area (Å²) in [6, 6.07) is 32.4. The molecule has 33 heavy (non-hydrogen) atoms. The summed E-state index contributed by atoms with van der Waals surface area (Å²) in [5, 5.41) is 0.582. The van der Waals surface area contributed by atoms with Gasteiger partial charge >= 0.3 is 0 Å². The highest BCUT2D eigenvalue weighted by Crippen LogP contribution is 2.24. The number of nitrogens with zero attached hydrogens (tertiary/aromatic N) is 3. The number of hydrogen-bond acceptors (Lipinski definition) is 4. The van der Waals surface area contributed by atoms with E-state index in [1.807, 2.05) is 110 Å². The van der Waals surface area contributed by atoms with Gasteiger partial charge in [-0.3, -0.25) is 14.4 Å².